The Morgan fingerprint density at radius 3 is 2.83 bits per heavy atom. The maximum absolute atomic E-state index is 11.0. The zero-order valence-corrected chi connectivity index (χ0v) is 7.96. The van der Waals surface area contributed by atoms with Crippen LogP contribution in [0.1, 0.15) is 10.5 Å². The van der Waals surface area contributed by atoms with Gasteiger partial charge in [0.05, 0.1) is 7.11 Å². The van der Waals surface area contributed by atoms with Gasteiger partial charge >= 0.3 is 5.97 Å². The van der Waals surface area contributed by atoms with E-state index in [4.69, 9.17) is 5.73 Å². The molecule has 0 spiro atoms. The molecule has 0 saturated heterocycles. The Morgan fingerprint density at radius 2 is 2.33 bits per heavy atom. The van der Waals surface area contributed by atoms with E-state index in [-0.39, 0.29) is 5.69 Å². The molecule has 1 aromatic rings. The summed E-state index contributed by atoms with van der Waals surface area (Å²) in [6, 6.07) is 3.06. The van der Waals surface area contributed by atoms with E-state index in [1.165, 1.54) is 13.2 Å². The number of aromatic nitrogens is 1. The van der Waals surface area contributed by atoms with E-state index in [9.17, 15) is 4.79 Å². The van der Waals surface area contributed by atoms with Gasteiger partial charge in [-0.05, 0) is 28.1 Å². The summed E-state index contributed by atoms with van der Waals surface area (Å²) in [7, 11) is 1.29. The number of ether oxygens (including phenoxy) is 1. The minimum absolute atomic E-state index is 0.198. The van der Waals surface area contributed by atoms with Crippen LogP contribution in [0.4, 0.5) is 5.69 Å². The number of methoxy groups -OCH3 is 1. The molecule has 0 radical (unpaired) electrons. The van der Waals surface area contributed by atoms with Crippen LogP contribution in [0.3, 0.4) is 0 Å². The van der Waals surface area contributed by atoms with Crippen molar-refractivity contribution in [3.05, 3.63) is 22.4 Å². The van der Waals surface area contributed by atoms with Gasteiger partial charge in [0.1, 0.15) is 4.60 Å². The maximum atomic E-state index is 11.0. The highest BCUT2D eigenvalue weighted by Gasteiger charge is 2.07. The monoisotopic (exact) mass is 230 g/mol. The summed E-state index contributed by atoms with van der Waals surface area (Å²) in [4.78, 5) is 14.8. The van der Waals surface area contributed by atoms with Crippen LogP contribution in [0.2, 0.25) is 0 Å². The largest absolute Gasteiger partial charge is 0.464 e. The van der Waals surface area contributed by atoms with Crippen molar-refractivity contribution < 1.29 is 9.53 Å². The minimum atomic E-state index is -0.497. The summed E-state index contributed by atoms with van der Waals surface area (Å²) in [6.07, 6.45) is 0. The number of halogens is 1. The molecule has 0 aliphatic rings. The second-order valence-electron chi connectivity index (χ2n) is 2.10. The van der Waals surface area contributed by atoms with Crippen molar-refractivity contribution in [2.75, 3.05) is 12.8 Å². The quantitative estimate of drug-likeness (QED) is 0.582. The normalized spacial score (nSPS) is 9.50. The number of nitrogens with two attached hydrogens (primary N) is 1. The second kappa shape index (κ2) is 3.53. The van der Waals surface area contributed by atoms with Gasteiger partial charge in [-0.3, -0.25) is 0 Å². The van der Waals surface area contributed by atoms with E-state index < -0.39 is 5.97 Å². The fourth-order valence-corrected chi connectivity index (χ4v) is 1.18. The van der Waals surface area contributed by atoms with Crippen molar-refractivity contribution in [1.82, 2.24) is 4.98 Å². The average Bonchev–Trinajstić information content (AvgIpc) is 2.01. The first-order valence-corrected chi connectivity index (χ1v) is 3.94. The van der Waals surface area contributed by atoms with Crippen molar-refractivity contribution in [3.63, 3.8) is 0 Å². The molecule has 0 aromatic carbocycles. The number of hydrogen-bond donors (Lipinski definition) is 1. The first-order valence-electron chi connectivity index (χ1n) is 3.15. The highest BCUT2D eigenvalue weighted by Crippen LogP contribution is 2.13. The first-order chi connectivity index (χ1) is 5.63. The van der Waals surface area contributed by atoms with Crippen LogP contribution in [-0.2, 0) is 4.74 Å². The van der Waals surface area contributed by atoms with E-state index in [2.05, 4.69) is 25.7 Å². The number of anilines is 1. The summed E-state index contributed by atoms with van der Waals surface area (Å²) in [5, 5.41) is 0. The lowest BCUT2D eigenvalue weighted by Crippen LogP contribution is -2.05. The Hall–Kier alpha value is -1.10. The molecule has 0 fully saturated rings. The Morgan fingerprint density at radius 1 is 1.67 bits per heavy atom. The maximum Gasteiger partial charge on any atom is 0.356 e. The van der Waals surface area contributed by atoms with E-state index in [1.54, 1.807) is 6.07 Å². The van der Waals surface area contributed by atoms with Crippen molar-refractivity contribution >= 4 is 27.6 Å². The van der Waals surface area contributed by atoms with Gasteiger partial charge in [0.15, 0.2) is 5.69 Å². The molecule has 0 bridgehead atoms. The fraction of sp³-hybridized carbons (Fsp3) is 0.143. The highest BCUT2D eigenvalue weighted by molar-refractivity contribution is 9.10. The Balaban J connectivity index is 3.08. The number of nitrogens with zero attached hydrogens (tertiary/aromatic N) is 1. The molecule has 5 heteroatoms. The fourth-order valence-electron chi connectivity index (χ4n) is 0.726. The third-order valence-corrected chi connectivity index (χ3v) is 1.62. The zero-order valence-electron chi connectivity index (χ0n) is 6.37. The molecule has 12 heavy (non-hydrogen) atoms. The molecule has 1 rings (SSSR count). The molecule has 0 aliphatic heterocycles. The van der Waals surface area contributed by atoms with Gasteiger partial charge < -0.3 is 10.5 Å². The third-order valence-electron chi connectivity index (χ3n) is 1.21. The third kappa shape index (κ3) is 1.94. The molecule has 1 heterocycles. The number of carbonyl (C=O) groups excluding carboxylic acids is 1. The molecule has 1 aromatic heterocycles. The molecule has 64 valence electrons. The molecule has 4 nitrogen and oxygen atoms in total. The topological polar surface area (TPSA) is 65.2 Å². The number of carbonyl (C=O) groups is 1. The number of nitrogen functional groups attached to an aromatic ring is 1. The summed E-state index contributed by atoms with van der Waals surface area (Å²) in [6.45, 7) is 0. The van der Waals surface area contributed by atoms with Crippen molar-refractivity contribution in [3.8, 4) is 0 Å². The lowest BCUT2D eigenvalue weighted by Gasteiger charge is -1.99. The van der Waals surface area contributed by atoms with Gasteiger partial charge in [-0.2, -0.15) is 0 Å². The van der Waals surface area contributed by atoms with Gasteiger partial charge in [0.2, 0.25) is 0 Å². The molecule has 0 amide bonds. The summed E-state index contributed by atoms with van der Waals surface area (Å²) in [5.41, 5.74) is 6.14. The van der Waals surface area contributed by atoms with E-state index in [0.717, 1.165) is 0 Å². The molecular weight excluding hydrogens is 224 g/mol. The van der Waals surface area contributed by atoms with Crippen LogP contribution in [0.5, 0.6) is 0 Å². The Labute approximate surface area is 77.9 Å². The zero-order chi connectivity index (χ0) is 9.14. The van der Waals surface area contributed by atoms with E-state index >= 15 is 0 Å². The SMILES string of the molecule is COC(=O)c1cc(N)cc(Br)n1. The van der Waals surface area contributed by atoms with Crippen molar-refractivity contribution in [2.45, 2.75) is 0 Å². The van der Waals surface area contributed by atoms with Crippen LogP contribution in [0, 0.1) is 0 Å². The summed E-state index contributed by atoms with van der Waals surface area (Å²) in [5.74, 6) is -0.497. The summed E-state index contributed by atoms with van der Waals surface area (Å²) < 4.78 is 4.99. The Bertz CT molecular complexity index is 294. The standard InChI is InChI=1S/C7H7BrN2O2/c1-12-7(11)5-2-4(9)3-6(8)10-5/h2-3H,1H3,(H2,9,10). The van der Waals surface area contributed by atoms with Gasteiger partial charge in [-0.1, -0.05) is 0 Å². The molecule has 2 N–H and O–H groups in total. The number of pyridine rings is 1. The lowest BCUT2D eigenvalue weighted by atomic mass is 10.3. The van der Waals surface area contributed by atoms with E-state index in [1.807, 2.05) is 0 Å². The van der Waals surface area contributed by atoms with Gasteiger partial charge in [0.25, 0.3) is 0 Å². The molecule has 0 saturated carbocycles. The smallest absolute Gasteiger partial charge is 0.356 e. The average molecular weight is 231 g/mol. The van der Waals surface area contributed by atoms with Gasteiger partial charge in [-0.25, -0.2) is 9.78 Å². The molecule has 0 aliphatic carbocycles. The lowest BCUT2D eigenvalue weighted by molar-refractivity contribution is 0.0594. The first kappa shape index (κ1) is 8.99. The number of esters is 1. The number of hydrogen-bond acceptors (Lipinski definition) is 4. The molecule has 0 unspecified atom stereocenters. The Kier molecular flexibility index (Phi) is 2.65. The van der Waals surface area contributed by atoms with Crippen LogP contribution < -0.4 is 5.73 Å². The predicted molar refractivity (Wildman–Crippen MR) is 47.7 cm³/mol. The van der Waals surface area contributed by atoms with Gasteiger partial charge in [-0.15, -0.1) is 0 Å². The highest BCUT2D eigenvalue weighted by atomic mass is 79.9. The van der Waals surface area contributed by atoms with Crippen LogP contribution in [0.15, 0.2) is 16.7 Å². The van der Waals surface area contributed by atoms with Crippen LogP contribution >= 0.6 is 15.9 Å². The summed E-state index contributed by atoms with van der Waals surface area (Å²) >= 11 is 3.11. The molecule has 0 atom stereocenters. The molecular formula is C7H7BrN2O2. The number of rotatable bonds is 1. The predicted octanol–water partition coefficient (Wildman–Crippen LogP) is 1.21. The van der Waals surface area contributed by atoms with Crippen LogP contribution in [0.25, 0.3) is 0 Å². The second-order valence-corrected chi connectivity index (χ2v) is 2.91. The van der Waals surface area contributed by atoms with Crippen LogP contribution in [-0.4, -0.2) is 18.1 Å². The van der Waals surface area contributed by atoms with Crippen molar-refractivity contribution in [2.24, 2.45) is 0 Å². The van der Waals surface area contributed by atoms with Crippen molar-refractivity contribution in [1.29, 1.82) is 0 Å². The minimum Gasteiger partial charge on any atom is -0.464 e. The van der Waals surface area contributed by atoms with Gasteiger partial charge in [0, 0.05) is 5.69 Å². The van der Waals surface area contributed by atoms with E-state index in [0.29, 0.717) is 10.3 Å².